The molecule has 6 nitrogen and oxygen atoms in total. The first kappa shape index (κ1) is 14.8. The highest BCUT2D eigenvalue weighted by Crippen LogP contribution is 2.21. The second-order valence-electron chi connectivity index (χ2n) is 5.76. The first-order valence-corrected chi connectivity index (χ1v) is 7.58. The number of ether oxygens (including phenoxy) is 1. The molecule has 1 amide bonds. The van der Waals surface area contributed by atoms with Gasteiger partial charge in [0.1, 0.15) is 5.76 Å². The molecule has 1 fully saturated rings. The molecular weight excluding hydrogens is 282 g/mol. The summed E-state index contributed by atoms with van der Waals surface area (Å²) in [6.07, 6.45) is 2.23. The Bertz CT molecular complexity index is 681. The molecule has 2 aromatic rings. The van der Waals surface area contributed by atoms with Gasteiger partial charge in [-0.05, 0) is 39.7 Å². The van der Waals surface area contributed by atoms with Crippen molar-refractivity contribution in [1.29, 1.82) is 0 Å². The molecule has 0 spiro atoms. The molecule has 0 aromatic carbocycles. The Hall–Kier alpha value is -2.08. The summed E-state index contributed by atoms with van der Waals surface area (Å²) in [7, 11) is 0. The van der Waals surface area contributed by atoms with Crippen molar-refractivity contribution < 1.29 is 14.1 Å². The monoisotopic (exact) mass is 303 g/mol. The van der Waals surface area contributed by atoms with E-state index in [-0.39, 0.29) is 12.0 Å². The Balaban J connectivity index is 1.78. The molecule has 0 bridgehead atoms. The molecule has 1 unspecified atom stereocenters. The number of carbonyl (C=O) groups excluding carboxylic acids is 1. The number of nitrogens with zero attached hydrogens (tertiary/aromatic N) is 2. The molecule has 3 heterocycles. The fourth-order valence-electron chi connectivity index (χ4n) is 2.91. The molecule has 118 valence electrons. The van der Waals surface area contributed by atoms with Crippen LogP contribution in [0.25, 0.3) is 5.82 Å². The van der Waals surface area contributed by atoms with Crippen molar-refractivity contribution in [3.63, 3.8) is 0 Å². The number of nitrogens with one attached hydrogen (secondary N) is 1. The minimum absolute atomic E-state index is 0.0740. The van der Waals surface area contributed by atoms with E-state index in [9.17, 15) is 4.79 Å². The molecule has 0 saturated carbocycles. The summed E-state index contributed by atoms with van der Waals surface area (Å²) in [5, 5.41) is 6.98. The van der Waals surface area contributed by atoms with E-state index in [4.69, 9.17) is 9.26 Å². The van der Waals surface area contributed by atoms with Crippen LogP contribution in [0.4, 0.5) is 0 Å². The number of carbonyl (C=O) groups is 1. The van der Waals surface area contributed by atoms with E-state index in [1.165, 1.54) is 0 Å². The topological polar surface area (TPSA) is 69.3 Å². The fraction of sp³-hybridized carbons (Fsp3) is 0.500. The zero-order valence-corrected chi connectivity index (χ0v) is 13.2. The van der Waals surface area contributed by atoms with Gasteiger partial charge in [-0.2, -0.15) is 0 Å². The van der Waals surface area contributed by atoms with Gasteiger partial charge >= 0.3 is 0 Å². The number of hydrogen-bond acceptors (Lipinski definition) is 4. The molecule has 1 N–H and O–H groups in total. The van der Waals surface area contributed by atoms with E-state index in [1.54, 1.807) is 0 Å². The van der Waals surface area contributed by atoms with Gasteiger partial charge in [-0.15, -0.1) is 0 Å². The van der Waals surface area contributed by atoms with Crippen molar-refractivity contribution in [1.82, 2.24) is 15.0 Å². The maximum Gasteiger partial charge on any atom is 0.253 e. The number of rotatable bonds is 4. The summed E-state index contributed by atoms with van der Waals surface area (Å²) in [6, 6.07) is 3.73. The van der Waals surface area contributed by atoms with E-state index < -0.39 is 0 Å². The Labute approximate surface area is 129 Å². The van der Waals surface area contributed by atoms with Crippen molar-refractivity contribution in [3.8, 4) is 5.82 Å². The Morgan fingerprint density at radius 2 is 2.23 bits per heavy atom. The third-order valence-corrected chi connectivity index (χ3v) is 4.03. The van der Waals surface area contributed by atoms with Crippen LogP contribution >= 0.6 is 0 Å². The number of aryl methyl sites for hydroxylation is 2. The SMILES string of the molecule is Cc1cc(-n2c(C)cc(C(=O)NCC3CCCO3)c2C)no1. The summed E-state index contributed by atoms with van der Waals surface area (Å²) < 4.78 is 12.6. The average molecular weight is 303 g/mol. The molecule has 6 heteroatoms. The highest BCUT2D eigenvalue weighted by atomic mass is 16.5. The van der Waals surface area contributed by atoms with Gasteiger partial charge in [-0.1, -0.05) is 5.16 Å². The van der Waals surface area contributed by atoms with Crippen LogP contribution in [-0.4, -0.2) is 34.9 Å². The number of aromatic nitrogens is 2. The lowest BCUT2D eigenvalue weighted by Crippen LogP contribution is -2.32. The number of hydrogen-bond donors (Lipinski definition) is 1. The molecular formula is C16H21N3O3. The van der Waals surface area contributed by atoms with Crippen LogP contribution in [0.5, 0.6) is 0 Å². The predicted octanol–water partition coefficient (Wildman–Crippen LogP) is 2.30. The Kier molecular flexibility index (Phi) is 4.02. The van der Waals surface area contributed by atoms with E-state index in [0.717, 1.165) is 36.6 Å². The smallest absolute Gasteiger partial charge is 0.253 e. The van der Waals surface area contributed by atoms with Gasteiger partial charge in [0.15, 0.2) is 5.82 Å². The lowest BCUT2D eigenvalue weighted by molar-refractivity contribution is 0.0857. The largest absolute Gasteiger partial charge is 0.376 e. The summed E-state index contributed by atoms with van der Waals surface area (Å²) in [4.78, 5) is 12.4. The van der Waals surface area contributed by atoms with Gasteiger partial charge in [0, 0.05) is 30.6 Å². The molecule has 0 aliphatic carbocycles. The van der Waals surface area contributed by atoms with Crippen LogP contribution in [-0.2, 0) is 4.74 Å². The van der Waals surface area contributed by atoms with Gasteiger partial charge in [0.25, 0.3) is 5.91 Å². The second-order valence-corrected chi connectivity index (χ2v) is 5.76. The minimum atomic E-state index is -0.0740. The highest BCUT2D eigenvalue weighted by Gasteiger charge is 2.20. The van der Waals surface area contributed by atoms with Gasteiger partial charge in [0.05, 0.1) is 11.7 Å². The Morgan fingerprint density at radius 1 is 1.41 bits per heavy atom. The van der Waals surface area contributed by atoms with Crippen molar-refractivity contribution in [2.75, 3.05) is 13.2 Å². The molecule has 1 atom stereocenters. The molecule has 3 rings (SSSR count). The number of amides is 1. The normalized spacial score (nSPS) is 17.9. The van der Waals surface area contributed by atoms with Gasteiger partial charge in [-0.3, -0.25) is 9.36 Å². The molecule has 0 radical (unpaired) electrons. The van der Waals surface area contributed by atoms with Crippen molar-refractivity contribution >= 4 is 5.91 Å². The van der Waals surface area contributed by atoms with Crippen LogP contribution in [0.2, 0.25) is 0 Å². The van der Waals surface area contributed by atoms with Crippen molar-refractivity contribution in [3.05, 3.63) is 34.8 Å². The third-order valence-electron chi connectivity index (χ3n) is 4.03. The Morgan fingerprint density at radius 3 is 2.86 bits per heavy atom. The van der Waals surface area contributed by atoms with Gasteiger partial charge in [0.2, 0.25) is 0 Å². The second kappa shape index (κ2) is 5.96. The first-order valence-electron chi connectivity index (χ1n) is 7.58. The van der Waals surface area contributed by atoms with Crippen molar-refractivity contribution in [2.45, 2.75) is 39.7 Å². The quantitative estimate of drug-likeness (QED) is 0.941. The predicted molar refractivity (Wildman–Crippen MR) is 81.3 cm³/mol. The van der Waals surface area contributed by atoms with Crippen molar-refractivity contribution in [2.24, 2.45) is 0 Å². The zero-order chi connectivity index (χ0) is 15.7. The first-order chi connectivity index (χ1) is 10.6. The van der Waals surface area contributed by atoms with Gasteiger partial charge in [-0.25, -0.2) is 0 Å². The van der Waals surface area contributed by atoms with Crippen LogP contribution in [0, 0.1) is 20.8 Å². The summed E-state index contributed by atoms with van der Waals surface area (Å²) in [5.41, 5.74) is 2.47. The molecule has 1 aliphatic rings. The van der Waals surface area contributed by atoms with Crippen LogP contribution in [0.15, 0.2) is 16.7 Å². The summed E-state index contributed by atoms with van der Waals surface area (Å²) in [5.74, 6) is 1.37. The summed E-state index contributed by atoms with van der Waals surface area (Å²) in [6.45, 7) is 7.07. The highest BCUT2D eigenvalue weighted by molar-refractivity contribution is 5.95. The maximum atomic E-state index is 12.4. The molecule has 22 heavy (non-hydrogen) atoms. The minimum Gasteiger partial charge on any atom is -0.376 e. The molecule has 2 aromatic heterocycles. The van der Waals surface area contributed by atoms with E-state index in [2.05, 4.69) is 10.5 Å². The standard InChI is InChI=1S/C16H21N3O3/c1-10-7-14(16(20)17-9-13-5-4-6-21-13)12(3)19(10)15-8-11(2)22-18-15/h7-8,13H,4-6,9H2,1-3H3,(H,17,20). The summed E-state index contributed by atoms with van der Waals surface area (Å²) >= 11 is 0. The van der Waals surface area contributed by atoms with E-state index >= 15 is 0 Å². The molecule has 1 saturated heterocycles. The van der Waals surface area contributed by atoms with E-state index in [1.807, 2.05) is 37.5 Å². The maximum absolute atomic E-state index is 12.4. The average Bonchev–Trinajstić information content (AvgIpc) is 3.18. The fourth-order valence-corrected chi connectivity index (χ4v) is 2.91. The van der Waals surface area contributed by atoms with Gasteiger partial charge < -0.3 is 14.6 Å². The van der Waals surface area contributed by atoms with E-state index in [0.29, 0.717) is 17.9 Å². The zero-order valence-electron chi connectivity index (χ0n) is 13.2. The van der Waals surface area contributed by atoms with Crippen LogP contribution in [0.1, 0.15) is 40.3 Å². The van der Waals surface area contributed by atoms with Crippen LogP contribution in [0.3, 0.4) is 0 Å². The van der Waals surface area contributed by atoms with Crippen LogP contribution < -0.4 is 5.32 Å². The lowest BCUT2D eigenvalue weighted by Gasteiger charge is -2.11. The third kappa shape index (κ3) is 2.78. The lowest BCUT2D eigenvalue weighted by atomic mass is 10.2. The molecule has 1 aliphatic heterocycles.